The topological polar surface area (TPSA) is 128 Å². The fourth-order valence-electron chi connectivity index (χ4n) is 1.43. The molecule has 0 atom stereocenters. The van der Waals surface area contributed by atoms with Crippen molar-refractivity contribution in [3.05, 3.63) is 12.1 Å². The fourth-order valence-corrected chi connectivity index (χ4v) is 2.20. The van der Waals surface area contributed by atoms with Crippen LogP contribution in [-0.4, -0.2) is 34.3 Å². The van der Waals surface area contributed by atoms with Gasteiger partial charge in [0.05, 0.1) is 5.69 Å². The zero-order valence-electron chi connectivity index (χ0n) is 8.89. The van der Waals surface area contributed by atoms with E-state index in [0.717, 1.165) is 0 Å². The quantitative estimate of drug-likeness (QED) is 0.563. The molecule has 10 heteroatoms. The summed E-state index contributed by atoms with van der Waals surface area (Å²) in [6.45, 7) is 1.20. The maximum atomic E-state index is 11.2. The Balaban J connectivity index is 0.00000162. The molecule has 0 spiro atoms. The summed E-state index contributed by atoms with van der Waals surface area (Å²) < 4.78 is 33.5. The van der Waals surface area contributed by atoms with Crippen LogP contribution in [0.25, 0.3) is 11.0 Å². The van der Waals surface area contributed by atoms with Crippen LogP contribution in [0.5, 0.6) is 0 Å². The molecule has 1 heterocycles. The molecule has 0 saturated heterocycles. The Hall–Kier alpha value is -1.26. The summed E-state index contributed by atoms with van der Waals surface area (Å²) >= 11 is 0. The summed E-state index contributed by atoms with van der Waals surface area (Å²) in [5, 5.41) is 11.7. The Kier molecular flexibility index (Phi) is 4.24. The maximum absolute atomic E-state index is 11.2. The van der Waals surface area contributed by atoms with Crippen molar-refractivity contribution in [2.24, 2.45) is 0 Å². The van der Waals surface area contributed by atoms with Gasteiger partial charge in [0.2, 0.25) is 5.91 Å². The number of aromatic amines is 1. The van der Waals surface area contributed by atoms with Gasteiger partial charge in [-0.25, -0.2) is 8.42 Å². The van der Waals surface area contributed by atoms with Crippen molar-refractivity contribution in [3.63, 3.8) is 0 Å². The largest absolute Gasteiger partial charge is 1.00 e. The van der Waals surface area contributed by atoms with E-state index >= 15 is 0 Å². The SMILES string of the molecule is CC(=O)Nc1ccc2n[nH]nc2c1S(=O)(=O)[O-].[Ag+]. The van der Waals surface area contributed by atoms with Gasteiger partial charge in [-0.15, -0.1) is 0 Å². The van der Waals surface area contributed by atoms with Gasteiger partial charge in [-0.05, 0) is 12.1 Å². The van der Waals surface area contributed by atoms with E-state index in [1.54, 1.807) is 0 Å². The molecule has 2 rings (SSSR count). The second kappa shape index (κ2) is 5.16. The molecule has 0 unspecified atom stereocenters. The third-order valence-electron chi connectivity index (χ3n) is 2.00. The van der Waals surface area contributed by atoms with Crippen molar-refractivity contribution in [1.29, 1.82) is 0 Å². The zero-order valence-corrected chi connectivity index (χ0v) is 11.2. The minimum absolute atomic E-state index is 0. The van der Waals surface area contributed by atoms with Gasteiger partial charge in [0, 0.05) is 6.92 Å². The number of carbonyl (C=O) groups excluding carboxylic acids is 1. The predicted octanol–water partition coefficient (Wildman–Crippen LogP) is -0.182. The maximum Gasteiger partial charge on any atom is 1.00 e. The number of hydrogen-bond acceptors (Lipinski definition) is 6. The molecule has 1 amide bonds. The molecule has 0 radical (unpaired) electrons. The van der Waals surface area contributed by atoms with E-state index in [-0.39, 0.29) is 39.1 Å². The number of nitrogens with zero attached hydrogens (tertiary/aromatic N) is 2. The first kappa shape index (κ1) is 14.8. The van der Waals surface area contributed by atoms with Crippen LogP contribution < -0.4 is 5.32 Å². The number of rotatable bonds is 2. The molecule has 1 aromatic heterocycles. The van der Waals surface area contributed by atoms with Crippen molar-refractivity contribution in [1.82, 2.24) is 15.4 Å². The second-order valence-electron chi connectivity index (χ2n) is 3.27. The molecule has 8 nitrogen and oxygen atoms in total. The minimum Gasteiger partial charge on any atom is -0.744 e. The van der Waals surface area contributed by atoms with Crippen LogP contribution in [0, 0.1) is 0 Å². The molecule has 18 heavy (non-hydrogen) atoms. The van der Waals surface area contributed by atoms with E-state index in [1.807, 2.05) is 0 Å². The molecule has 0 fully saturated rings. The second-order valence-corrected chi connectivity index (χ2v) is 4.59. The minimum atomic E-state index is -4.76. The zero-order chi connectivity index (χ0) is 12.6. The van der Waals surface area contributed by atoms with Gasteiger partial charge in [-0.3, -0.25) is 4.79 Å². The van der Waals surface area contributed by atoms with E-state index in [9.17, 15) is 17.8 Å². The Labute approximate surface area is 117 Å². The van der Waals surface area contributed by atoms with Crippen molar-refractivity contribution in [2.45, 2.75) is 11.8 Å². The van der Waals surface area contributed by atoms with Crippen molar-refractivity contribution in [2.75, 3.05) is 5.32 Å². The van der Waals surface area contributed by atoms with Gasteiger partial charge < -0.3 is 9.87 Å². The van der Waals surface area contributed by atoms with Crippen LogP contribution in [0.1, 0.15) is 6.92 Å². The molecule has 2 N–H and O–H groups in total. The number of hydrogen-bond donors (Lipinski definition) is 2. The summed E-state index contributed by atoms with van der Waals surface area (Å²) in [6, 6.07) is 2.73. The van der Waals surface area contributed by atoms with Crippen LogP contribution in [0.3, 0.4) is 0 Å². The smallest absolute Gasteiger partial charge is 0.744 e. The summed E-state index contributed by atoms with van der Waals surface area (Å²) in [4.78, 5) is 10.3. The molecular formula is C8H7AgN4O4S. The number of carbonyl (C=O) groups is 1. The summed E-state index contributed by atoms with van der Waals surface area (Å²) in [5.41, 5.74) is 0.0358. The van der Waals surface area contributed by atoms with Crippen LogP contribution >= 0.6 is 0 Å². The third kappa shape index (κ3) is 2.76. The molecule has 0 aliphatic carbocycles. The normalized spacial score (nSPS) is 11.0. The Bertz CT molecular complexity index is 696. The molecule has 100 valence electrons. The summed E-state index contributed by atoms with van der Waals surface area (Å²) in [6.07, 6.45) is 0. The molecule has 0 bridgehead atoms. The average molecular weight is 363 g/mol. The van der Waals surface area contributed by atoms with E-state index in [2.05, 4.69) is 20.7 Å². The van der Waals surface area contributed by atoms with E-state index in [1.165, 1.54) is 19.1 Å². The van der Waals surface area contributed by atoms with Gasteiger partial charge in [0.1, 0.15) is 26.0 Å². The number of fused-ring (bicyclic) bond motifs is 1. The molecule has 0 aliphatic rings. The average Bonchev–Trinajstić information content (AvgIpc) is 2.61. The first-order valence-electron chi connectivity index (χ1n) is 4.46. The molecule has 0 aliphatic heterocycles. The molecule has 2 aromatic rings. The Morgan fingerprint density at radius 2 is 2.06 bits per heavy atom. The molecule has 1 aromatic carbocycles. The van der Waals surface area contributed by atoms with Crippen LogP contribution in [0.4, 0.5) is 5.69 Å². The summed E-state index contributed by atoms with van der Waals surface area (Å²) in [5.74, 6) is -0.488. The van der Waals surface area contributed by atoms with Crippen molar-refractivity contribution >= 4 is 32.7 Å². The Morgan fingerprint density at radius 1 is 1.39 bits per heavy atom. The van der Waals surface area contributed by atoms with Crippen molar-refractivity contribution in [3.8, 4) is 0 Å². The fraction of sp³-hybridized carbons (Fsp3) is 0.125. The van der Waals surface area contributed by atoms with E-state index < -0.39 is 20.9 Å². The monoisotopic (exact) mass is 362 g/mol. The van der Waals surface area contributed by atoms with Gasteiger partial charge >= 0.3 is 22.4 Å². The standard InChI is InChI=1S/C8H8N4O4S.Ag/c1-4(13)9-6-3-2-5-7(11-12-10-5)8(6)17(14,15)16;/h2-3H,1H3,(H,9,13)(H,10,11,12)(H,14,15,16);/q;+1/p-1. The number of nitrogens with one attached hydrogen (secondary N) is 2. The first-order chi connectivity index (χ1) is 7.89. The number of anilines is 1. The number of H-pyrrole nitrogens is 1. The third-order valence-corrected chi connectivity index (χ3v) is 2.92. The van der Waals surface area contributed by atoms with E-state index in [0.29, 0.717) is 0 Å². The molecule has 0 saturated carbocycles. The van der Waals surface area contributed by atoms with Gasteiger partial charge in [-0.2, -0.15) is 15.4 Å². The number of aromatic nitrogens is 3. The van der Waals surface area contributed by atoms with Gasteiger partial charge in [0.15, 0.2) is 0 Å². The van der Waals surface area contributed by atoms with Crippen molar-refractivity contribution < 1.29 is 40.1 Å². The van der Waals surface area contributed by atoms with E-state index in [4.69, 9.17) is 0 Å². The van der Waals surface area contributed by atoms with Gasteiger partial charge in [0.25, 0.3) is 0 Å². The van der Waals surface area contributed by atoms with Crippen LogP contribution in [0.15, 0.2) is 17.0 Å². The first-order valence-corrected chi connectivity index (χ1v) is 5.87. The van der Waals surface area contributed by atoms with Crippen LogP contribution in [-0.2, 0) is 37.3 Å². The predicted molar refractivity (Wildman–Crippen MR) is 56.2 cm³/mol. The number of amides is 1. The van der Waals surface area contributed by atoms with Gasteiger partial charge in [-0.1, -0.05) is 0 Å². The summed E-state index contributed by atoms with van der Waals surface area (Å²) in [7, 11) is -4.76. The molecular weight excluding hydrogens is 356 g/mol. The van der Waals surface area contributed by atoms with Crippen LogP contribution in [0.2, 0.25) is 0 Å². The number of benzene rings is 1. The Morgan fingerprint density at radius 3 is 2.61 bits per heavy atom.